The molecule has 1 heterocycles. The Bertz CT molecular complexity index is 925. The summed E-state index contributed by atoms with van der Waals surface area (Å²) in [4.78, 5) is 11.3. The van der Waals surface area contributed by atoms with Gasteiger partial charge in [-0.3, -0.25) is 0 Å². The first-order valence-corrected chi connectivity index (χ1v) is 9.43. The molecule has 2 unspecified atom stereocenters. The Labute approximate surface area is 149 Å². The summed E-state index contributed by atoms with van der Waals surface area (Å²) in [5, 5.41) is 18.1. The number of rotatable bonds is 4. The standard InChI is InChI=1S/C18H17FO6S/c19-14-3-1-2-13(10-14)12-4-6-15(7-5-12)26(23,24)16-8-9-25-11-18(16,22)17(20)21/h1-7,10,16,22H,8-9,11H2,(H,20,21). The van der Waals surface area contributed by atoms with Crippen LogP contribution in [0.25, 0.3) is 11.1 Å². The molecular formula is C18H17FO6S. The first-order valence-electron chi connectivity index (χ1n) is 7.88. The van der Waals surface area contributed by atoms with Gasteiger partial charge >= 0.3 is 5.97 Å². The number of aliphatic carboxylic acids is 1. The van der Waals surface area contributed by atoms with Gasteiger partial charge in [0.2, 0.25) is 5.60 Å². The number of ether oxygens (including phenoxy) is 1. The van der Waals surface area contributed by atoms with E-state index >= 15 is 0 Å². The molecule has 2 atom stereocenters. The number of hydrogen-bond donors (Lipinski definition) is 2. The van der Waals surface area contributed by atoms with Gasteiger partial charge in [0, 0.05) is 6.61 Å². The van der Waals surface area contributed by atoms with Crippen LogP contribution in [0.2, 0.25) is 0 Å². The highest BCUT2D eigenvalue weighted by atomic mass is 32.2. The van der Waals surface area contributed by atoms with E-state index in [1.807, 2.05) is 0 Å². The van der Waals surface area contributed by atoms with E-state index in [1.54, 1.807) is 12.1 Å². The lowest BCUT2D eigenvalue weighted by atomic mass is 9.96. The van der Waals surface area contributed by atoms with Crippen molar-refractivity contribution in [2.45, 2.75) is 22.2 Å². The Hall–Kier alpha value is -2.29. The minimum Gasteiger partial charge on any atom is -0.479 e. The third-order valence-electron chi connectivity index (χ3n) is 4.46. The lowest BCUT2D eigenvalue weighted by molar-refractivity contribution is -0.171. The van der Waals surface area contributed by atoms with Gasteiger partial charge in [-0.15, -0.1) is 0 Å². The molecule has 1 fully saturated rings. The van der Waals surface area contributed by atoms with Crippen LogP contribution in [0.5, 0.6) is 0 Å². The van der Waals surface area contributed by atoms with E-state index in [0.717, 1.165) is 0 Å². The van der Waals surface area contributed by atoms with Crippen LogP contribution < -0.4 is 0 Å². The van der Waals surface area contributed by atoms with Gasteiger partial charge in [-0.1, -0.05) is 24.3 Å². The molecule has 26 heavy (non-hydrogen) atoms. The highest BCUT2D eigenvalue weighted by Crippen LogP contribution is 2.32. The lowest BCUT2D eigenvalue weighted by Crippen LogP contribution is -2.59. The number of carboxylic acids is 1. The van der Waals surface area contributed by atoms with Gasteiger partial charge in [0.15, 0.2) is 9.84 Å². The predicted octanol–water partition coefficient (Wildman–Crippen LogP) is 1.87. The monoisotopic (exact) mass is 380 g/mol. The van der Waals surface area contributed by atoms with E-state index in [0.29, 0.717) is 11.1 Å². The number of carboxylic acid groups (broad SMARTS) is 1. The number of benzene rings is 2. The van der Waals surface area contributed by atoms with Gasteiger partial charge < -0.3 is 14.9 Å². The van der Waals surface area contributed by atoms with E-state index in [2.05, 4.69) is 0 Å². The molecular weight excluding hydrogens is 363 g/mol. The van der Waals surface area contributed by atoms with Crippen molar-refractivity contribution in [2.75, 3.05) is 13.2 Å². The number of hydrogen-bond acceptors (Lipinski definition) is 5. The molecule has 2 aromatic rings. The van der Waals surface area contributed by atoms with Crippen LogP contribution in [0.4, 0.5) is 4.39 Å². The fourth-order valence-corrected chi connectivity index (χ4v) is 4.96. The van der Waals surface area contributed by atoms with Crippen molar-refractivity contribution in [3.63, 3.8) is 0 Å². The summed E-state index contributed by atoms with van der Waals surface area (Å²) in [6.45, 7) is -0.547. The summed E-state index contributed by atoms with van der Waals surface area (Å²) in [7, 11) is -4.11. The van der Waals surface area contributed by atoms with E-state index in [1.165, 1.54) is 36.4 Å². The normalized spacial score (nSPS) is 23.5. The molecule has 1 saturated heterocycles. The molecule has 0 amide bonds. The maximum Gasteiger partial charge on any atom is 0.339 e. The summed E-state index contributed by atoms with van der Waals surface area (Å²) in [6.07, 6.45) is -0.128. The van der Waals surface area contributed by atoms with Gasteiger partial charge in [-0.25, -0.2) is 17.6 Å². The highest BCUT2D eigenvalue weighted by molar-refractivity contribution is 7.92. The number of aliphatic hydroxyl groups is 1. The number of halogens is 1. The molecule has 8 heteroatoms. The summed E-state index contributed by atoms with van der Waals surface area (Å²) in [5.74, 6) is -2.05. The first kappa shape index (κ1) is 18.5. The summed E-state index contributed by atoms with van der Waals surface area (Å²) < 4.78 is 44.0. The average Bonchev–Trinajstić information content (AvgIpc) is 2.62. The molecule has 0 aromatic heterocycles. The molecule has 2 aromatic carbocycles. The predicted molar refractivity (Wildman–Crippen MR) is 90.8 cm³/mol. The van der Waals surface area contributed by atoms with E-state index in [4.69, 9.17) is 4.74 Å². The largest absolute Gasteiger partial charge is 0.479 e. The van der Waals surface area contributed by atoms with Crippen molar-refractivity contribution >= 4 is 15.8 Å². The molecule has 2 N–H and O–H groups in total. The van der Waals surface area contributed by atoms with E-state index < -0.39 is 39.1 Å². The Kier molecular flexibility index (Phi) is 4.83. The van der Waals surface area contributed by atoms with Gasteiger partial charge in [0.25, 0.3) is 0 Å². The van der Waals surface area contributed by atoms with Crippen LogP contribution in [0.15, 0.2) is 53.4 Å². The molecule has 1 aliphatic rings. The molecule has 1 aliphatic heterocycles. The van der Waals surface area contributed by atoms with Crippen molar-refractivity contribution in [1.82, 2.24) is 0 Å². The second-order valence-electron chi connectivity index (χ2n) is 6.14. The molecule has 0 spiro atoms. The van der Waals surface area contributed by atoms with Gasteiger partial charge in [0.05, 0.1) is 11.5 Å². The smallest absolute Gasteiger partial charge is 0.339 e. The van der Waals surface area contributed by atoms with Crippen LogP contribution in [-0.4, -0.2) is 48.7 Å². The third-order valence-corrected chi connectivity index (χ3v) is 6.77. The van der Waals surface area contributed by atoms with E-state index in [-0.39, 0.29) is 17.9 Å². The average molecular weight is 380 g/mol. The Morgan fingerprint density at radius 3 is 2.46 bits per heavy atom. The Balaban J connectivity index is 1.96. The number of carbonyl (C=O) groups is 1. The van der Waals surface area contributed by atoms with Crippen LogP contribution in [0.3, 0.4) is 0 Å². The first-order chi connectivity index (χ1) is 12.2. The Morgan fingerprint density at radius 2 is 1.85 bits per heavy atom. The Morgan fingerprint density at radius 1 is 1.15 bits per heavy atom. The molecule has 138 valence electrons. The van der Waals surface area contributed by atoms with Crippen molar-refractivity contribution in [2.24, 2.45) is 0 Å². The lowest BCUT2D eigenvalue weighted by Gasteiger charge is -2.35. The van der Waals surface area contributed by atoms with Gasteiger partial charge in [-0.05, 0) is 41.8 Å². The van der Waals surface area contributed by atoms with Crippen LogP contribution in [0.1, 0.15) is 6.42 Å². The highest BCUT2D eigenvalue weighted by Gasteiger charge is 2.53. The molecule has 0 bridgehead atoms. The van der Waals surface area contributed by atoms with Crippen LogP contribution in [0, 0.1) is 5.82 Å². The second-order valence-corrected chi connectivity index (χ2v) is 8.27. The van der Waals surface area contributed by atoms with Gasteiger partial charge in [0.1, 0.15) is 11.1 Å². The molecule has 3 rings (SSSR count). The van der Waals surface area contributed by atoms with Crippen LogP contribution in [-0.2, 0) is 19.4 Å². The SMILES string of the molecule is O=C(O)C1(O)COCCC1S(=O)(=O)c1ccc(-c2cccc(F)c2)cc1. The molecule has 0 radical (unpaired) electrons. The fraction of sp³-hybridized carbons (Fsp3) is 0.278. The maximum atomic E-state index is 13.3. The van der Waals surface area contributed by atoms with Crippen molar-refractivity contribution in [1.29, 1.82) is 0 Å². The fourth-order valence-electron chi connectivity index (χ4n) is 3.03. The topological polar surface area (TPSA) is 101 Å². The molecule has 6 nitrogen and oxygen atoms in total. The third kappa shape index (κ3) is 3.23. The number of sulfone groups is 1. The molecule has 0 aliphatic carbocycles. The summed E-state index contributed by atoms with van der Waals surface area (Å²) in [6, 6.07) is 11.5. The minimum absolute atomic E-state index is 0.0425. The summed E-state index contributed by atoms with van der Waals surface area (Å²) in [5.41, 5.74) is -1.30. The second kappa shape index (κ2) is 6.79. The maximum absolute atomic E-state index is 13.3. The summed E-state index contributed by atoms with van der Waals surface area (Å²) >= 11 is 0. The van der Waals surface area contributed by atoms with Crippen molar-refractivity contribution in [3.05, 3.63) is 54.3 Å². The zero-order chi connectivity index (χ0) is 18.9. The zero-order valence-electron chi connectivity index (χ0n) is 13.6. The van der Waals surface area contributed by atoms with Crippen LogP contribution >= 0.6 is 0 Å². The van der Waals surface area contributed by atoms with Gasteiger partial charge in [-0.2, -0.15) is 0 Å². The van der Waals surface area contributed by atoms with Crippen molar-refractivity contribution in [3.8, 4) is 11.1 Å². The zero-order valence-corrected chi connectivity index (χ0v) is 14.4. The van der Waals surface area contributed by atoms with Crippen molar-refractivity contribution < 1.29 is 32.6 Å². The minimum atomic E-state index is -4.11. The van der Waals surface area contributed by atoms with E-state index in [9.17, 15) is 27.8 Å². The quantitative estimate of drug-likeness (QED) is 0.840. The molecule has 0 saturated carbocycles.